The van der Waals surface area contributed by atoms with E-state index in [0.717, 1.165) is 19.3 Å². The van der Waals surface area contributed by atoms with Crippen LogP contribution in [0.4, 0.5) is 10.5 Å². The van der Waals surface area contributed by atoms with E-state index in [4.69, 9.17) is 44.6 Å². The topological polar surface area (TPSA) is 105 Å². The molecule has 0 aliphatic carbocycles. The highest BCUT2D eigenvalue weighted by atomic mass is 35.5. The van der Waals surface area contributed by atoms with Gasteiger partial charge in [-0.25, -0.2) is 4.79 Å². The van der Waals surface area contributed by atoms with Gasteiger partial charge in [-0.3, -0.25) is 14.9 Å². The van der Waals surface area contributed by atoms with Crippen LogP contribution in [0.15, 0.2) is 36.4 Å². The molecule has 10 heteroatoms. The molecule has 0 saturated heterocycles. The SMILES string of the molecule is O=C(O)CCCCCCOc1c(Cl)cc(NC(=O)NC(=O)c2ccccc2Cl)cc1Cl. The van der Waals surface area contributed by atoms with Crippen molar-refractivity contribution in [3.63, 3.8) is 0 Å². The normalized spacial score (nSPS) is 10.4. The summed E-state index contributed by atoms with van der Waals surface area (Å²) in [5.41, 5.74) is 0.447. The first-order chi connectivity index (χ1) is 14.8. The molecule has 0 fully saturated rings. The van der Waals surface area contributed by atoms with E-state index in [-0.39, 0.29) is 38.5 Å². The molecule has 0 heterocycles. The zero-order valence-corrected chi connectivity index (χ0v) is 18.7. The Kier molecular flexibility index (Phi) is 9.91. The number of rotatable bonds is 10. The maximum Gasteiger partial charge on any atom is 0.326 e. The van der Waals surface area contributed by atoms with Crippen LogP contribution in [0.5, 0.6) is 5.75 Å². The summed E-state index contributed by atoms with van der Waals surface area (Å²) in [6, 6.07) is 8.48. The number of ether oxygens (including phenoxy) is 1. The van der Waals surface area contributed by atoms with Gasteiger partial charge in [-0.1, -0.05) is 59.8 Å². The summed E-state index contributed by atoms with van der Waals surface area (Å²) in [5, 5.41) is 13.9. The number of amides is 3. The minimum absolute atomic E-state index is 0.157. The Morgan fingerprint density at radius 3 is 2.19 bits per heavy atom. The molecule has 0 saturated carbocycles. The Morgan fingerprint density at radius 2 is 1.55 bits per heavy atom. The molecule has 31 heavy (non-hydrogen) atoms. The minimum Gasteiger partial charge on any atom is -0.490 e. The zero-order valence-electron chi connectivity index (χ0n) is 16.4. The Balaban J connectivity index is 1.85. The first kappa shape index (κ1) is 24.8. The maximum absolute atomic E-state index is 12.1. The second-order valence-corrected chi connectivity index (χ2v) is 7.79. The molecule has 0 radical (unpaired) electrons. The van der Waals surface area contributed by atoms with E-state index >= 15 is 0 Å². The lowest BCUT2D eigenvalue weighted by atomic mass is 10.1. The lowest BCUT2D eigenvalue weighted by molar-refractivity contribution is -0.137. The summed E-state index contributed by atoms with van der Waals surface area (Å²) in [6.07, 6.45) is 3.12. The number of hydrogen-bond acceptors (Lipinski definition) is 4. The van der Waals surface area contributed by atoms with Gasteiger partial charge in [-0.15, -0.1) is 0 Å². The van der Waals surface area contributed by atoms with Gasteiger partial charge in [0.1, 0.15) is 0 Å². The molecule has 2 aromatic carbocycles. The predicted molar refractivity (Wildman–Crippen MR) is 121 cm³/mol. The number of imide groups is 1. The van der Waals surface area contributed by atoms with Gasteiger partial charge < -0.3 is 15.2 Å². The molecule has 0 unspecified atom stereocenters. The number of nitrogens with one attached hydrogen (secondary N) is 2. The van der Waals surface area contributed by atoms with Crippen LogP contribution in [0.1, 0.15) is 42.5 Å². The van der Waals surface area contributed by atoms with Crippen LogP contribution in [0.3, 0.4) is 0 Å². The minimum atomic E-state index is -0.801. The molecule has 0 bridgehead atoms. The molecule has 3 amide bonds. The third kappa shape index (κ3) is 8.28. The molecule has 0 aromatic heterocycles. The fourth-order valence-corrected chi connectivity index (χ4v) is 3.47. The number of benzene rings is 2. The number of aliphatic carboxylic acids is 1. The standard InChI is InChI=1S/C21H21Cl3N2O5/c22-15-8-5-4-7-14(15)20(29)26-21(30)25-13-11-16(23)19(17(24)12-13)31-10-6-2-1-3-9-18(27)28/h4-5,7-8,11-12H,1-3,6,9-10H2,(H,27,28)(H2,25,26,29,30). The van der Waals surface area contributed by atoms with Crippen LogP contribution >= 0.6 is 34.8 Å². The Morgan fingerprint density at radius 1 is 0.903 bits per heavy atom. The molecule has 0 aliphatic rings. The number of anilines is 1. The molecule has 0 spiro atoms. The number of hydrogen-bond donors (Lipinski definition) is 3. The Labute approximate surface area is 194 Å². The van der Waals surface area contributed by atoms with E-state index in [1.165, 1.54) is 18.2 Å². The summed E-state index contributed by atoms with van der Waals surface area (Å²) in [5.74, 6) is -1.17. The largest absolute Gasteiger partial charge is 0.490 e. The van der Waals surface area contributed by atoms with Crippen molar-refractivity contribution in [1.29, 1.82) is 0 Å². The van der Waals surface area contributed by atoms with E-state index in [9.17, 15) is 14.4 Å². The molecule has 7 nitrogen and oxygen atoms in total. The lowest BCUT2D eigenvalue weighted by Gasteiger charge is -2.13. The van der Waals surface area contributed by atoms with Crippen molar-refractivity contribution in [2.45, 2.75) is 32.1 Å². The number of carbonyl (C=O) groups excluding carboxylic acids is 2. The molecule has 2 aromatic rings. The first-order valence-corrected chi connectivity index (χ1v) is 10.6. The van der Waals surface area contributed by atoms with Crippen LogP contribution in [0, 0.1) is 0 Å². The van der Waals surface area contributed by atoms with Crippen molar-refractivity contribution in [2.24, 2.45) is 0 Å². The number of unbranched alkanes of at least 4 members (excludes halogenated alkanes) is 3. The maximum atomic E-state index is 12.1. The smallest absolute Gasteiger partial charge is 0.326 e. The van der Waals surface area contributed by atoms with Crippen molar-refractivity contribution < 1.29 is 24.2 Å². The van der Waals surface area contributed by atoms with Crippen LogP contribution in [-0.2, 0) is 4.79 Å². The van der Waals surface area contributed by atoms with Gasteiger partial charge in [0, 0.05) is 12.1 Å². The van der Waals surface area contributed by atoms with Gasteiger partial charge in [0.2, 0.25) is 0 Å². The summed E-state index contributed by atoms with van der Waals surface area (Å²) < 4.78 is 5.61. The molecule has 166 valence electrons. The van der Waals surface area contributed by atoms with Crippen molar-refractivity contribution in [1.82, 2.24) is 5.32 Å². The van der Waals surface area contributed by atoms with E-state index < -0.39 is 17.9 Å². The Bertz CT molecular complexity index is 929. The predicted octanol–water partition coefficient (Wildman–Crippen LogP) is 6.02. The first-order valence-electron chi connectivity index (χ1n) is 9.48. The number of carboxylic acid groups (broad SMARTS) is 1. The average Bonchev–Trinajstić information content (AvgIpc) is 2.68. The van der Waals surface area contributed by atoms with Gasteiger partial charge >= 0.3 is 12.0 Å². The fourth-order valence-electron chi connectivity index (χ4n) is 2.65. The van der Waals surface area contributed by atoms with E-state index in [0.29, 0.717) is 13.0 Å². The number of urea groups is 1. The van der Waals surface area contributed by atoms with Gasteiger partial charge in [0.05, 0.1) is 27.2 Å². The highest BCUT2D eigenvalue weighted by molar-refractivity contribution is 6.37. The van der Waals surface area contributed by atoms with E-state index in [1.807, 2.05) is 0 Å². The van der Waals surface area contributed by atoms with Crippen molar-refractivity contribution in [3.05, 3.63) is 57.0 Å². The monoisotopic (exact) mass is 486 g/mol. The second kappa shape index (κ2) is 12.4. The highest BCUT2D eigenvalue weighted by Crippen LogP contribution is 2.36. The quantitative estimate of drug-likeness (QED) is 0.355. The van der Waals surface area contributed by atoms with Crippen LogP contribution in [-0.4, -0.2) is 29.6 Å². The fraction of sp³-hybridized carbons (Fsp3) is 0.286. The third-order valence-corrected chi connectivity index (χ3v) is 5.02. The molecule has 0 aliphatic heterocycles. The number of carbonyl (C=O) groups is 3. The molecule has 0 atom stereocenters. The number of halogens is 3. The van der Waals surface area contributed by atoms with Crippen molar-refractivity contribution in [2.75, 3.05) is 11.9 Å². The van der Waals surface area contributed by atoms with Crippen molar-refractivity contribution in [3.8, 4) is 5.75 Å². The van der Waals surface area contributed by atoms with E-state index in [1.54, 1.807) is 18.2 Å². The average molecular weight is 488 g/mol. The molecular formula is C21H21Cl3N2O5. The van der Waals surface area contributed by atoms with Gasteiger partial charge in [0.25, 0.3) is 5.91 Å². The van der Waals surface area contributed by atoms with Crippen LogP contribution < -0.4 is 15.4 Å². The van der Waals surface area contributed by atoms with Crippen molar-refractivity contribution >= 4 is 58.4 Å². The lowest BCUT2D eigenvalue weighted by Crippen LogP contribution is -2.34. The highest BCUT2D eigenvalue weighted by Gasteiger charge is 2.15. The van der Waals surface area contributed by atoms with Gasteiger partial charge in [0.15, 0.2) is 5.75 Å². The van der Waals surface area contributed by atoms with E-state index in [2.05, 4.69) is 10.6 Å². The third-order valence-electron chi connectivity index (χ3n) is 4.13. The molecule has 3 N–H and O–H groups in total. The van der Waals surface area contributed by atoms with Crippen LogP contribution in [0.25, 0.3) is 0 Å². The summed E-state index contributed by atoms with van der Waals surface area (Å²) in [7, 11) is 0. The van der Waals surface area contributed by atoms with Crippen LogP contribution in [0.2, 0.25) is 15.1 Å². The van der Waals surface area contributed by atoms with Gasteiger partial charge in [-0.05, 0) is 37.1 Å². The summed E-state index contributed by atoms with van der Waals surface area (Å²) in [6.45, 7) is 0.367. The molecular weight excluding hydrogens is 467 g/mol. The summed E-state index contributed by atoms with van der Waals surface area (Å²) in [4.78, 5) is 34.7. The summed E-state index contributed by atoms with van der Waals surface area (Å²) >= 11 is 18.4. The number of carboxylic acids is 1. The second-order valence-electron chi connectivity index (χ2n) is 6.56. The molecule has 2 rings (SSSR count). The zero-order chi connectivity index (χ0) is 22.8. The Hall–Kier alpha value is -2.48. The van der Waals surface area contributed by atoms with Gasteiger partial charge in [-0.2, -0.15) is 0 Å².